The van der Waals surface area contributed by atoms with Crippen molar-refractivity contribution < 1.29 is 9.84 Å². The van der Waals surface area contributed by atoms with Gasteiger partial charge in [0.05, 0.1) is 6.10 Å². The van der Waals surface area contributed by atoms with Crippen molar-refractivity contribution in [3.05, 3.63) is 30.1 Å². The second-order valence-electron chi connectivity index (χ2n) is 4.09. The molecule has 0 amide bonds. The summed E-state index contributed by atoms with van der Waals surface area (Å²) in [6, 6.07) is 3.76. The average molecular weight is 207 g/mol. The highest BCUT2D eigenvalue weighted by Crippen LogP contribution is 2.26. The third-order valence-corrected chi connectivity index (χ3v) is 2.99. The molecule has 1 saturated heterocycles. The Labute approximate surface area is 90.1 Å². The van der Waals surface area contributed by atoms with Crippen LogP contribution in [0.1, 0.15) is 30.9 Å². The van der Waals surface area contributed by atoms with Crippen LogP contribution in [-0.4, -0.2) is 23.3 Å². The van der Waals surface area contributed by atoms with E-state index in [2.05, 4.69) is 4.98 Å². The van der Waals surface area contributed by atoms with Crippen LogP contribution in [0.4, 0.5) is 0 Å². The number of hydrogen-bond donors (Lipinski definition) is 1. The van der Waals surface area contributed by atoms with E-state index in [1.165, 1.54) is 0 Å². The Morgan fingerprint density at radius 1 is 1.33 bits per heavy atom. The number of pyridine rings is 1. The number of nitrogens with zero attached hydrogens (tertiary/aromatic N) is 1. The van der Waals surface area contributed by atoms with E-state index in [4.69, 9.17) is 4.74 Å². The predicted octanol–water partition coefficient (Wildman–Crippen LogP) is 1.93. The lowest BCUT2D eigenvalue weighted by Crippen LogP contribution is -2.18. The summed E-state index contributed by atoms with van der Waals surface area (Å²) < 4.78 is 5.30. The Bertz CT molecular complexity index is 283. The molecule has 0 aromatic carbocycles. The Balaban J connectivity index is 1.88. The van der Waals surface area contributed by atoms with E-state index in [0.29, 0.717) is 5.92 Å². The van der Waals surface area contributed by atoms with Gasteiger partial charge < -0.3 is 9.84 Å². The topological polar surface area (TPSA) is 42.4 Å². The van der Waals surface area contributed by atoms with Crippen LogP contribution in [0.15, 0.2) is 24.5 Å². The fraction of sp³-hybridized carbons (Fsp3) is 0.583. The molecular weight excluding hydrogens is 190 g/mol. The van der Waals surface area contributed by atoms with Crippen LogP contribution in [0, 0.1) is 5.92 Å². The number of ether oxygens (including phenoxy) is 1. The highest BCUT2D eigenvalue weighted by molar-refractivity contribution is 5.12. The van der Waals surface area contributed by atoms with Gasteiger partial charge in [-0.3, -0.25) is 4.98 Å². The zero-order valence-corrected chi connectivity index (χ0v) is 8.80. The van der Waals surface area contributed by atoms with Crippen molar-refractivity contribution >= 4 is 0 Å². The smallest absolute Gasteiger partial charge is 0.0793 e. The summed E-state index contributed by atoms with van der Waals surface area (Å²) in [5.41, 5.74) is 0.969. The molecule has 82 valence electrons. The Morgan fingerprint density at radius 3 is 2.67 bits per heavy atom. The third kappa shape index (κ3) is 3.01. The summed E-state index contributed by atoms with van der Waals surface area (Å²) in [6.45, 7) is 1.68. The summed E-state index contributed by atoms with van der Waals surface area (Å²) in [7, 11) is 0. The van der Waals surface area contributed by atoms with Crippen LogP contribution < -0.4 is 0 Å². The maximum Gasteiger partial charge on any atom is 0.0793 e. The fourth-order valence-electron chi connectivity index (χ4n) is 2.02. The normalized spacial score (nSPS) is 20.1. The molecule has 0 spiro atoms. The molecule has 1 fully saturated rings. The summed E-state index contributed by atoms with van der Waals surface area (Å²) in [5, 5.41) is 10.0. The van der Waals surface area contributed by atoms with E-state index in [-0.39, 0.29) is 6.10 Å². The van der Waals surface area contributed by atoms with Gasteiger partial charge in [0.15, 0.2) is 0 Å². The molecule has 1 aliphatic rings. The zero-order valence-electron chi connectivity index (χ0n) is 8.80. The molecule has 0 bridgehead atoms. The molecule has 1 unspecified atom stereocenters. The predicted molar refractivity (Wildman–Crippen MR) is 57.4 cm³/mol. The molecular formula is C12H17NO2. The highest BCUT2D eigenvalue weighted by Gasteiger charge is 2.18. The van der Waals surface area contributed by atoms with E-state index in [9.17, 15) is 5.11 Å². The number of aromatic nitrogens is 1. The van der Waals surface area contributed by atoms with Gasteiger partial charge in [-0.15, -0.1) is 0 Å². The first-order valence-electron chi connectivity index (χ1n) is 5.52. The van der Waals surface area contributed by atoms with E-state index < -0.39 is 0 Å². The van der Waals surface area contributed by atoms with Crippen LogP contribution in [0.5, 0.6) is 0 Å². The van der Waals surface area contributed by atoms with E-state index in [1.807, 2.05) is 12.1 Å². The molecule has 1 N–H and O–H groups in total. The maximum absolute atomic E-state index is 10.0. The minimum Gasteiger partial charge on any atom is -0.388 e. The lowest BCUT2D eigenvalue weighted by Gasteiger charge is -2.24. The monoisotopic (exact) mass is 207 g/mol. The lowest BCUT2D eigenvalue weighted by atomic mass is 9.91. The molecule has 15 heavy (non-hydrogen) atoms. The molecule has 1 aliphatic heterocycles. The maximum atomic E-state index is 10.0. The molecule has 1 aromatic heterocycles. The summed E-state index contributed by atoms with van der Waals surface area (Å²) >= 11 is 0. The quantitative estimate of drug-likeness (QED) is 0.823. The van der Waals surface area contributed by atoms with Crippen molar-refractivity contribution in [1.82, 2.24) is 4.98 Å². The van der Waals surface area contributed by atoms with Crippen LogP contribution in [-0.2, 0) is 4.74 Å². The number of hydrogen-bond acceptors (Lipinski definition) is 3. The number of aliphatic hydroxyl groups excluding tert-OH is 1. The number of rotatable bonds is 3. The van der Waals surface area contributed by atoms with E-state index in [1.54, 1.807) is 12.4 Å². The van der Waals surface area contributed by atoms with Crippen molar-refractivity contribution in [2.45, 2.75) is 25.4 Å². The molecule has 1 aromatic rings. The highest BCUT2D eigenvalue weighted by atomic mass is 16.5. The van der Waals surface area contributed by atoms with Crippen LogP contribution >= 0.6 is 0 Å². The molecule has 0 aliphatic carbocycles. The average Bonchev–Trinajstić information content (AvgIpc) is 2.31. The Hall–Kier alpha value is -0.930. The lowest BCUT2D eigenvalue weighted by molar-refractivity contribution is 0.0435. The standard InChI is InChI=1S/C12H17NO2/c14-12(11-1-5-13-6-2-11)9-10-3-7-15-8-4-10/h1-2,5-6,10,12,14H,3-4,7-9H2. The van der Waals surface area contributed by atoms with Gasteiger partial charge in [-0.05, 0) is 42.9 Å². The molecule has 2 heterocycles. The van der Waals surface area contributed by atoms with Crippen molar-refractivity contribution in [2.24, 2.45) is 5.92 Å². The second kappa shape index (κ2) is 5.24. The van der Waals surface area contributed by atoms with Gasteiger partial charge in [0, 0.05) is 25.6 Å². The SMILES string of the molecule is OC(CC1CCOCC1)c1ccncc1. The second-order valence-corrected chi connectivity index (χ2v) is 4.09. The van der Waals surface area contributed by atoms with E-state index >= 15 is 0 Å². The van der Waals surface area contributed by atoms with Crippen LogP contribution in [0.3, 0.4) is 0 Å². The first-order valence-corrected chi connectivity index (χ1v) is 5.52. The van der Waals surface area contributed by atoms with Gasteiger partial charge in [-0.25, -0.2) is 0 Å². The molecule has 3 heteroatoms. The van der Waals surface area contributed by atoms with Crippen molar-refractivity contribution in [2.75, 3.05) is 13.2 Å². The molecule has 1 atom stereocenters. The van der Waals surface area contributed by atoms with Crippen LogP contribution in [0.2, 0.25) is 0 Å². The minimum atomic E-state index is -0.351. The Morgan fingerprint density at radius 2 is 2.00 bits per heavy atom. The third-order valence-electron chi connectivity index (χ3n) is 2.99. The Kier molecular flexibility index (Phi) is 3.69. The summed E-state index contributed by atoms with van der Waals surface area (Å²) in [4.78, 5) is 3.94. The van der Waals surface area contributed by atoms with Crippen molar-refractivity contribution in [3.63, 3.8) is 0 Å². The van der Waals surface area contributed by atoms with Gasteiger partial charge in [0.2, 0.25) is 0 Å². The summed E-state index contributed by atoms with van der Waals surface area (Å²) in [5.74, 6) is 0.599. The first-order chi connectivity index (χ1) is 7.36. The van der Waals surface area contributed by atoms with Gasteiger partial charge in [0.25, 0.3) is 0 Å². The first kappa shape index (κ1) is 10.6. The van der Waals surface area contributed by atoms with Gasteiger partial charge >= 0.3 is 0 Å². The largest absolute Gasteiger partial charge is 0.388 e. The van der Waals surface area contributed by atoms with Gasteiger partial charge in [0.1, 0.15) is 0 Å². The van der Waals surface area contributed by atoms with Crippen LogP contribution in [0.25, 0.3) is 0 Å². The zero-order chi connectivity index (χ0) is 10.5. The van der Waals surface area contributed by atoms with Gasteiger partial charge in [-0.1, -0.05) is 0 Å². The number of aliphatic hydroxyl groups is 1. The molecule has 0 saturated carbocycles. The molecule has 3 nitrogen and oxygen atoms in total. The summed E-state index contributed by atoms with van der Waals surface area (Å²) in [6.07, 6.45) is 6.08. The van der Waals surface area contributed by atoms with Crippen molar-refractivity contribution in [3.8, 4) is 0 Å². The van der Waals surface area contributed by atoms with Gasteiger partial charge in [-0.2, -0.15) is 0 Å². The molecule has 0 radical (unpaired) electrons. The fourth-order valence-corrected chi connectivity index (χ4v) is 2.02. The minimum absolute atomic E-state index is 0.351. The van der Waals surface area contributed by atoms with E-state index in [0.717, 1.165) is 38.0 Å². The van der Waals surface area contributed by atoms with Crippen molar-refractivity contribution in [1.29, 1.82) is 0 Å². The molecule has 2 rings (SSSR count).